The quantitative estimate of drug-likeness (QED) is 0.702. The van der Waals surface area contributed by atoms with E-state index in [0.717, 1.165) is 6.54 Å². The Labute approximate surface area is 103 Å². The van der Waals surface area contributed by atoms with Crippen LogP contribution >= 0.6 is 0 Å². The van der Waals surface area contributed by atoms with Crippen LogP contribution in [0.15, 0.2) is 0 Å². The highest BCUT2D eigenvalue weighted by Gasteiger charge is 2.29. The van der Waals surface area contributed by atoms with Crippen LogP contribution < -0.4 is 10.6 Å². The molecule has 98 valence electrons. The SMILES string of the molecule is CCN(CC)C(=O)CNC(=O)[C@@H]1CNC[C@H]1C. The molecule has 2 atom stereocenters. The Morgan fingerprint density at radius 2 is 1.94 bits per heavy atom. The molecule has 1 rings (SSSR count). The Morgan fingerprint density at radius 3 is 2.41 bits per heavy atom. The number of nitrogens with one attached hydrogen (secondary N) is 2. The molecule has 0 spiro atoms. The first-order valence-corrected chi connectivity index (χ1v) is 6.36. The minimum atomic E-state index is -0.0121. The molecule has 0 aliphatic carbocycles. The molecule has 0 unspecified atom stereocenters. The smallest absolute Gasteiger partial charge is 0.241 e. The molecule has 17 heavy (non-hydrogen) atoms. The molecule has 0 radical (unpaired) electrons. The van der Waals surface area contributed by atoms with Crippen molar-refractivity contribution in [3.63, 3.8) is 0 Å². The molecule has 2 amide bonds. The molecule has 0 aromatic carbocycles. The topological polar surface area (TPSA) is 61.4 Å². The normalized spacial score (nSPS) is 23.5. The molecule has 5 nitrogen and oxygen atoms in total. The van der Waals surface area contributed by atoms with Crippen molar-refractivity contribution in [3.05, 3.63) is 0 Å². The second-order valence-corrected chi connectivity index (χ2v) is 4.53. The fourth-order valence-corrected chi connectivity index (χ4v) is 2.14. The number of carbonyl (C=O) groups excluding carboxylic acids is 2. The zero-order chi connectivity index (χ0) is 12.8. The van der Waals surface area contributed by atoms with E-state index in [1.807, 2.05) is 13.8 Å². The highest BCUT2D eigenvalue weighted by Crippen LogP contribution is 2.15. The van der Waals surface area contributed by atoms with Crippen molar-refractivity contribution in [2.45, 2.75) is 20.8 Å². The van der Waals surface area contributed by atoms with Crippen LogP contribution in [0.1, 0.15) is 20.8 Å². The maximum absolute atomic E-state index is 11.8. The van der Waals surface area contributed by atoms with Gasteiger partial charge in [-0.2, -0.15) is 0 Å². The van der Waals surface area contributed by atoms with Crippen molar-refractivity contribution in [2.75, 3.05) is 32.7 Å². The van der Waals surface area contributed by atoms with Crippen LogP contribution in [0.3, 0.4) is 0 Å². The fraction of sp³-hybridized carbons (Fsp3) is 0.833. The Kier molecular flexibility index (Phi) is 5.41. The number of hydrogen-bond acceptors (Lipinski definition) is 3. The van der Waals surface area contributed by atoms with Gasteiger partial charge in [-0.3, -0.25) is 9.59 Å². The molecule has 1 aliphatic rings. The summed E-state index contributed by atoms with van der Waals surface area (Å²) in [7, 11) is 0. The molecule has 0 aromatic rings. The number of amides is 2. The van der Waals surface area contributed by atoms with Crippen molar-refractivity contribution < 1.29 is 9.59 Å². The van der Waals surface area contributed by atoms with Gasteiger partial charge in [-0.25, -0.2) is 0 Å². The molecule has 0 bridgehead atoms. The summed E-state index contributed by atoms with van der Waals surface area (Å²) >= 11 is 0. The highest BCUT2D eigenvalue weighted by atomic mass is 16.2. The Hall–Kier alpha value is -1.10. The second-order valence-electron chi connectivity index (χ2n) is 4.53. The van der Waals surface area contributed by atoms with Crippen molar-refractivity contribution >= 4 is 11.8 Å². The lowest BCUT2D eigenvalue weighted by Crippen LogP contribution is -2.43. The van der Waals surface area contributed by atoms with Gasteiger partial charge in [0.1, 0.15) is 0 Å². The third kappa shape index (κ3) is 3.70. The van der Waals surface area contributed by atoms with Crippen molar-refractivity contribution in [1.82, 2.24) is 15.5 Å². The summed E-state index contributed by atoms with van der Waals surface area (Å²) in [5.41, 5.74) is 0. The number of rotatable bonds is 5. The monoisotopic (exact) mass is 241 g/mol. The number of nitrogens with zero attached hydrogens (tertiary/aromatic N) is 1. The number of hydrogen-bond donors (Lipinski definition) is 2. The second kappa shape index (κ2) is 6.59. The Balaban J connectivity index is 2.35. The third-order valence-corrected chi connectivity index (χ3v) is 3.38. The lowest BCUT2D eigenvalue weighted by molar-refractivity contribution is -0.133. The predicted octanol–water partition coefficient (Wildman–Crippen LogP) is -0.173. The largest absolute Gasteiger partial charge is 0.347 e. The van der Waals surface area contributed by atoms with Crippen molar-refractivity contribution in [1.29, 1.82) is 0 Å². The van der Waals surface area contributed by atoms with Crippen molar-refractivity contribution in [2.24, 2.45) is 11.8 Å². The summed E-state index contributed by atoms with van der Waals surface area (Å²) < 4.78 is 0. The zero-order valence-corrected chi connectivity index (χ0v) is 11.0. The molecular weight excluding hydrogens is 218 g/mol. The molecule has 1 aliphatic heterocycles. The van der Waals surface area contributed by atoms with Crippen LogP contribution in [0.4, 0.5) is 0 Å². The predicted molar refractivity (Wildman–Crippen MR) is 66.5 cm³/mol. The van der Waals surface area contributed by atoms with Gasteiger partial charge in [0.15, 0.2) is 0 Å². The van der Waals surface area contributed by atoms with Gasteiger partial charge in [-0.15, -0.1) is 0 Å². The summed E-state index contributed by atoms with van der Waals surface area (Å²) in [5, 5.41) is 5.91. The van der Waals surface area contributed by atoms with E-state index >= 15 is 0 Å². The maximum atomic E-state index is 11.8. The number of likely N-dealkylation sites (N-methyl/N-ethyl adjacent to an activating group) is 1. The van der Waals surface area contributed by atoms with E-state index in [9.17, 15) is 9.59 Å². The molecule has 1 fully saturated rings. The molecule has 2 N–H and O–H groups in total. The fourth-order valence-electron chi connectivity index (χ4n) is 2.14. The summed E-state index contributed by atoms with van der Waals surface area (Å²) in [6.07, 6.45) is 0. The molecule has 1 saturated heterocycles. The van der Waals surface area contributed by atoms with E-state index in [0.29, 0.717) is 25.6 Å². The van der Waals surface area contributed by atoms with Gasteiger partial charge >= 0.3 is 0 Å². The average Bonchev–Trinajstić information content (AvgIpc) is 2.74. The summed E-state index contributed by atoms with van der Waals surface area (Å²) in [6.45, 7) is 9.01. The summed E-state index contributed by atoms with van der Waals surface area (Å²) in [6, 6.07) is 0. The molecular formula is C12H23N3O2. The van der Waals surface area contributed by atoms with E-state index in [1.54, 1.807) is 4.90 Å². The van der Waals surface area contributed by atoms with Crippen LogP contribution in [-0.2, 0) is 9.59 Å². The van der Waals surface area contributed by atoms with Gasteiger partial charge in [0.05, 0.1) is 12.5 Å². The van der Waals surface area contributed by atoms with Gasteiger partial charge in [0.25, 0.3) is 0 Å². The number of carbonyl (C=O) groups is 2. The van der Waals surface area contributed by atoms with E-state index in [4.69, 9.17) is 0 Å². The van der Waals surface area contributed by atoms with Crippen molar-refractivity contribution in [3.8, 4) is 0 Å². The summed E-state index contributed by atoms with van der Waals surface area (Å²) in [5.74, 6) is 0.322. The molecule has 0 aromatic heterocycles. The first-order chi connectivity index (χ1) is 8.10. The van der Waals surface area contributed by atoms with E-state index in [1.165, 1.54) is 0 Å². The van der Waals surface area contributed by atoms with Gasteiger partial charge in [0.2, 0.25) is 11.8 Å². The van der Waals surface area contributed by atoms with E-state index in [2.05, 4.69) is 17.6 Å². The zero-order valence-electron chi connectivity index (χ0n) is 11.0. The lowest BCUT2D eigenvalue weighted by atomic mass is 9.97. The van der Waals surface area contributed by atoms with Gasteiger partial charge < -0.3 is 15.5 Å². The Bertz CT molecular complexity index is 277. The van der Waals surface area contributed by atoms with Crippen LogP contribution in [-0.4, -0.2) is 49.4 Å². The summed E-state index contributed by atoms with van der Waals surface area (Å²) in [4.78, 5) is 25.3. The lowest BCUT2D eigenvalue weighted by Gasteiger charge is -2.20. The minimum Gasteiger partial charge on any atom is -0.347 e. The molecule has 5 heteroatoms. The maximum Gasteiger partial charge on any atom is 0.241 e. The van der Waals surface area contributed by atoms with Crippen LogP contribution in [0.2, 0.25) is 0 Å². The average molecular weight is 241 g/mol. The van der Waals surface area contributed by atoms with E-state index < -0.39 is 0 Å². The minimum absolute atomic E-state index is 0.000460. The van der Waals surface area contributed by atoms with Crippen LogP contribution in [0, 0.1) is 11.8 Å². The molecule has 1 heterocycles. The molecule has 0 saturated carbocycles. The highest BCUT2D eigenvalue weighted by molar-refractivity contribution is 5.86. The van der Waals surface area contributed by atoms with E-state index in [-0.39, 0.29) is 24.3 Å². The Morgan fingerprint density at radius 1 is 1.29 bits per heavy atom. The van der Waals surface area contributed by atoms with Gasteiger partial charge in [0, 0.05) is 19.6 Å². The third-order valence-electron chi connectivity index (χ3n) is 3.38. The van der Waals surface area contributed by atoms with Gasteiger partial charge in [-0.05, 0) is 26.3 Å². The standard InChI is InChI=1S/C12H23N3O2/c1-4-15(5-2)11(16)8-14-12(17)10-7-13-6-9(10)3/h9-10,13H,4-8H2,1-3H3,(H,14,17)/t9-,10-/m1/s1. The van der Waals surface area contributed by atoms with Crippen LogP contribution in [0.25, 0.3) is 0 Å². The van der Waals surface area contributed by atoms with Crippen LogP contribution in [0.5, 0.6) is 0 Å². The van der Waals surface area contributed by atoms with Gasteiger partial charge in [-0.1, -0.05) is 6.92 Å². The first-order valence-electron chi connectivity index (χ1n) is 6.36. The first kappa shape index (κ1) is 14.0.